The summed E-state index contributed by atoms with van der Waals surface area (Å²) in [6.45, 7) is 0.378. The third kappa shape index (κ3) is 2.87. The molecule has 1 aromatic heterocycles. The molecule has 0 saturated heterocycles. The molecule has 0 aliphatic heterocycles. The molecule has 0 radical (unpaired) electrons. The third-order valence-electron chi connectivity index (χ3n) is 2.28. The second-order valence-corrected chi connectivity index (χ2v) is 3.58. The highest BCUT2D eigenvalue weighted by atomic mass is 19.1. The fourth-order valence-electron chi connectivity index (χ4n) is 1.47. The molecule has 0 aliphatic carbocycles. The zero-order valence-electron chi connectivity index (χ0n) is 8.88. The summed E-state index contributed by atoms with van der Waals surface area (Å²) in [5, 5.41) is 16.2. The van der Waals surface area contributed by atoms with Gasteiger partial charge in [-0.2, -0.15) is 0 Å². The first-order valence-electron chi connectivity index (χ1n) is 4.99. The number of carboxylic acid groups (broad SMARTS) is 1. The molecule has 2 rings (SSSR count). The summed E-state index contributed by atoms with van der Waals surface area (Å²) in [5.74, 6) is -1.24. The van der Waals surface area contributed by atoms with Crippen LogP contribution in [0.25, 0.3) is 0 Å². The Bertz CT molecular complexity index is 522. The fourth-order valence-corrected chi connectivity index (χ4v) is 1.47. The van der Waals surface area contributed by atoms with Gasteiger partial charge in [0.05, 0.1) is 24.9 Å². The van der Waals surface area contributed by atoms with Crippen molar-refractivity contribution in [1.82, 2.24) is 15.0 Å². The maximum absolute atomic E-state index is 12.7. The maximum atomic E-state index is 12.7. The molecule has 88 valence electrons. The van der Waals surface area contributed by atoms with Gasteiger partial charge in [0.1, 0.15) is 5.82 Å². The SMILES string of the molecule is O=C(O)Cc1cnnn1Cc1ccc(F)cc1. The van der Waals surface area contributed by atoms with Gasteiger partial charge < -0.3 is 5.11 Å². The van der Waals surface area contributed by atoms with E-state index in [1.54, 1.807) is 12.1 Å². The Morgan fingerprint density at radius 1 is 1.35 bits per heavy atom. The average Bonchev–Trinajstić information content (AvgIpc) is 2.68. The van der Waals surface area contributed by atoms with E-state index in [1.807, 2.05) is 0 Å². The van der Waals surface area contributed by atoms with Crippen molar-refractivity contribution in [2.45, 2.75) is 13.0 Å². The molecule has 17 heavy (non-hydrogen) atoms. The number of carbonyl (C=O) groups is 1. The van der Waals surface area contributed by atoms with Gasteiger partial charge in [-0.25, -0.2) is 9.07 Å². The van der Waals surface area contributed by atoms with E-state index in [0.717, 1.165) is 5.56 Å². The van der Waals surface area contributed by atoms with E-state index in [4.69, 9.17) is 5.11 Å². The molecule has 6 heteroatoms. The van der Waals surface area contributed by atoms with Crippen molar-refractivity contribution in [3.8, 4) is 0 Å². The van der Waals surface area contributed by atoms with E-state index in [-0.39, 0.29) is 12.2 Å². The molecule has 0 aliphatic rings. The summed E-state index contributed by atoms with van der Waals surface area (Å²) in [4.78, 5) is 10.6. The number of halogens is 1. The second-order valence-electron chi connectivity index (χ2n) is 3.58. The van der Waals surface area contributed by atoms with Crippen molar-refractivity contribution >= 4 is 5.97 Å². The van der Waals surface area contributed by atoms with Crippen LogP contribution in [0.3, 0.4) is 0 Å². The first kappa shape index (κ1) is 11.3. The molecule has 0 saturated carbocycles. The van der Waals surface area contributed by atoms with Crippen LogP contribution >= 0.6 is 0 Å². The van der Waals surface area contributed by atoms with Crippen LogP contribution in [0, 0.1) is 5.82 Å². The monoisotopic (exact) mass is 235 g/mol. The van der Waals surface area contributed by atoms with E-state index in [9.17, 15) is 9.18 Å². The number of aromatic nitrogens is 3. The third-order valence-corrected chi connectivity index (χ3v) is 2.28. The number of nitrogens with zero attached hydrogens (tertiary/aromatic N) is 3. The van der Waals surface area contributed by atoms with Crippen LogP contribution in [0.4, 0.5) is 4.39 Å². The minimum absolute atomic E-state index is 0.131. The highest BCUT2D eigenvalue weighted by Crippen LogP contribution is 2.06. The number of aliphatic carboxylic acids is 1. The molecule has 1 aromatic carbocycles. The summed E-state index contributed by atoms with van der Waals surface area (Å²) in [6.07, 6.45) is 1.28. The molecule has 2 aromatic rings. The van der Waals surface area contributed by atoms with Gasteiger partial charge in [-0.15, -0.1) is 5.10 Å². The number of rotatable bonds is 4. The van der Waals surface area contributed by atoms with Crippen LogP contribution in [0.1, 0.15) is 11.3 Å². The van der Waals surface area contributed by atoms with Gasteiger partial charge in [-0.05, 0) is 17.7 Å². The van der Waals surface area contributed by atoms with E-state index in [2.05, 4.69) is 10.3 Å². The molecule has 0 bridgehead atoms. The zero-order chi connectivity index (χ0) is 12.3. The minimum Gasteiger partial charge on any atom is -0.481 e. The lowest BCUT2D eigenvalue weighted by molar-refractivity contribution is -0.136. The summed E-state index contributed by atoms with van der Waals surface area (Å²) < 4.78 is 14.2. The Balaban J connectivity index is 2.15. The molecule has 0 unspecified atom stereocenters. The first-order chi connectivity index (χ1) is 8.15. The standard InChI is InChI=1S/C11H10FN3O2/c12-9-3-1-8(2-4-9)7-15-10(5-11(16)17)6-13-14-15/h1-4,6H,5,7H2,(H,16,17). The van der Waals surface area contributed by atoms with Gasteiger partial charge in [0.2, 0.25) is 0 Å². The number of benzene rings is 1. The molecule has 0 amide bonds. The van der Waals surface area contributed by atoms with Crippen molar-refractivity contribution < 1.29 is 14.3 Å². The fraction of sp³-hybridized carbons (Fsp3) is 0.182. The van der Waals surface area contributed by atoms with Gasteiger partial charge in [0.15, 0.2) is 0 Å². The minimum atomic E-state index is -0.937. The lowest BCUT2D eigenvalue weighted by Gasteiger charge is -2.04. The highest BCUT2D eigenvalue weighted by Gasteiger charge is 2.08. The molecule has 1 heterocycles. The van der Waals surface area contributed by atoms with Crippen LogP contribution in [-0.2, 0) is 17.8 Å². The van der Waals surface area contributed by atoms with Crippen molar-refractivity contribution in [3.05, 3.63) is 47.5 Å². The van der Waals surface area contributed by atoms with Crippen LogP contribution in [0.2, 0.25) is 0 Å². The van der Waals surface area contributed by atoms with Gasteiger partial charge in [0, 0.05) is 0 Å². The predicted octanol–water partition coefficient (Wildman–Crippen LogP) is 1.09. The highest BCUT2D eigenvalue weighted by molar-refractivity contribution is 5.69. The summed E-state index contributed by atoms with van der Waals surface area (Å²) in [7, 11) is 0. The average molecular weight is 235 g/mol. The Morgan fingerprint density at radius 2 is 2.06 bits per heavy atom. The van der Waals surface area contributed by atoms with Crippen molar-refractivity contribution in [2.24, 2.45) is 0 Å². The quantitative estimate of drug-likeness (QED) is 0.861. The van der Waals surface area contributed by atoms with Crippen LogP contribution in [-0.4, -0.2) is 26.1 Å². The normalized spacial score (nSPS) is 10.4. The smallest absolute Gasteiger partial charge is 0.309 e. The Labute approximate surface area is 96.5 Å². The summed E-state index contributed by atoms with van der Waals surface area (Å²) >= 11 is 0. The van der Waals surface area contributed by atoms with E-state index >= 15 is 0 Å². The molecule has 5 nitrogen and oxygen atoms in total. The first-order valence-corrected chi connectivity index (χ1v) is 4.99. The van der Waals surface area contributed by atoms with Gasteiger partial charge >= 0.3 is 5.97 Å². The Morgan fingerprint density at radius 3 is 2.71 bits per heavy atom. The molecule has 0 fully saturated rings. The van der Waals surface area contributed by atoms with E-state index < -0.39 is 5.97 Å². The van der Waals surface area contributed by atoms with Crippen LogP contribution < -0.4 is 0 Å². The maximum Gasteiger partial charge on any atom is 0.309 e. The van der Waals surface area contributed by atoms with Gasteiger partial charge in [-0.3, -0.25) is 4.79 Å². The number of carboxylic acids is 1. The van der Waals surface area contributed by atoms with Crippen molar-refractivity contribution in [1.29, 1.82) is 0 Å². The van der Waals surface area contributed by atoms with Crippen molar-refractivity contribution in [3.63, 3.8) is 0 Å². The Hall–Kier alpha value is -2.24. The van der Waals surface area contributed by atoms with E-state index in [0.29, 0.717) is 12.2 Å². The lowest BCUT2D eigenvalue weighted by atomic mass is 10.2. The molecular formula is C11H10FN3O2. The summed E-state index contributed by atoms with van der Waals surface area (Å²) in [6, 6.07) is 5.95. The largest absolute Gasteiger partial charge is 0.481 e. The molecule has 0 atom stereocenters. The summed E-state index contributed by atoms with van der Waals surface area (Å²) in [5.41, 5.74) is 1.35. The zero-order valence-corrected chi connectivity index (χ0v) is 8.88. The second kappa shape index (κ2) is 4.73. The lowest BCUT2D eigenvalue weighted by Crippen LogP contribution is -2.10. The number of hydrogen-bond donors (Lipinski definition) is 1. The van der Waals surface area contributed by atoms with Crippen LogP contribution in [0.15, 0.2) is 30.5 Å². The Kier molecular flexibility index (Phi) is 3.13. The predicted molar refractivity (Wildman–Crippen MR) is 56.9 cm³/mol. The van der Waals surface area contributed by atoms with Crippen LogP contribution in [0.5, 0.6) is 0 Å². The molecule has 1 N–H and O–H groups in total. The topological polar surface area (TPSA) is 68.0 Å². The van der Waals surface area contributed by atoms with E-state index in [1.165, 1.54) is 23.0 Å². The van der Waals surface area contributed by atoms with Crippen molar-refractivity contribution in [2.75, 3.05) is 0 Å². The molecule has 0 spiro atoms. The van der Waals surface area contributed by atoms with Gasteiger partial charge in [0.25, 0.3) is 0 Å². The molecular weight excluding hydrogens is 225 g/mol. The number of hydrogen-bond acceptors (Lipinski definition) is 3. The van der Waals surface area contributed by atoms with Gasteiger partial charge in [-0.1, -0.05) is 17.3 Å².